The van der Waals surface area contributed by atoms with E-state index in [1.807, 2.05) is 0 Å². The summed E-state index contributed by atoms with van der Waals surface area (Å²) < 4.78 is 77.8. The fraction of sp³-hybridized carbons (Fsp3) is 0. The van der Waals surface area contributed by atoms with Gasteiger partial charge in [-0.3, -0.25) is 0 Å². The number of nitrogens with one attached hydrogen (secondary N) is 1. The Morgan fingerprint density at radius 3 is 1.79 bits per heavy atom. The summed E-state index contributed by atoms with van der Waals surface area (Å²) in [6.07, 6.45) is 0.712. The smallest absolute Gasteiger partial charge is 0.218 e. The molecule has 1 N–H and O–H groups in total. The van der Waals surface area contributed by atoms with E-state index in [1.54, 1.807) is 5.32 Å². The first-order chi connectivity index (χ1) is 8.91. The molecule has 2 rings (SSSR count). The molecule has 0 saturated carbocycles. The van der Waals surface area contributed by atoms with Crippen molar-refractivity contribution >= 4 is 11.5 Å². The van der Waals surface area contributed by atoms with Crippen LogP contribution < -0.4 is 5.32 Å². The van der Waals surface area contributed by atoms with Crippen LogP contribution in [0.4, 0.5) is 37.8 Å². The van der Waals surface area contributed by atoms with Crippen molar-refractivity contribution in [3.05, 3.63) is 47.4 Å². The number of anilines is 2. The van der Waals surface area contributed by atoms with Gasteiger partial charge >= 0.3 is 0 Å². The molecule has 0 bridgehead atoms. The van der Waals surface area contributed by atoms with Crippen LogP contribution in [0, 0.1) is 35.0 Å². The molecule has 0 unspecified atom stereocenters. The van der Waals surface area contributed by atoms with Crippen LogP contribution in [0.1, 0.15) is 0 Å². The minimum absolute atomic E-state index is 0.462. The van der Waals surface area contributed by atoms with E-state index in [9.17, 15) is 26.3 Å². The lowest BCUT2D eigenvalue weighted by Crippen LogP contribution is -2.07. The van der Waals surface area contributed by atoms with Gasteiger partial charge < -0.3 is 5.32 Å². The molecule has 0 radical (unpaired) electrons. The summed E-state index contributed by atoms with van der Waals surface area (Å²) in [5, 5.41) is 1.80. The van der Waals surface area contributed by atoms with Gasteiger partial charge in [0.05, 0.1) is 0 Å². The summed E-state index contributed by atoms with van der Waals surface area (Å²) in [6, 6.07) is 0.623. The molecule has 0 atom stereocenters. The van der Waals surface area contributed by atoms with Gasteiger partial charge in [-0.05, 0) is 0 Å². The molecule has 0 saturated heterocycles. The normalized spacial score (nSPS) is 10.6. The second kappa shape index (κ2) is 4.75. The van der Waals surface area contributed by atoms with Crippen molar-refractivity contribution in [1.82, 2.24) is 9.97 Å². The Bertz CT molecular complexity index is 616. The first-order valence-electron chi connectivity index (χ1n) is 4.67. The van der Waals surface area contributed by atoms with Crippen LogP contribution in [0.15, 0.2) is 12.4 Å². The van der Waals surface area contributed by atoms with E-state index in [0.29, 0.717) is 12.4 Å². The summed E-state index contributed by atoms with van der Waals surface area (Å²) >= 11 is 0. The molecule has 100 valence electrons. The molecule has 9 heteroatoms. The van der Waals surface area contributed by atoms with Gasteiger partial charge in [-0.1, -0.05) is 0 Å². The second-order valence-electron chi connectivity index (χ2n) is 3.30. The topological polar surface area (TPSA) is 37.8 Å². The third-order valence-corrected chi connectivity index (χ3v) is 2.10. The third kappa shape index (κ3) is 2.30. The van der Waals surface area contributed by atoms with E-state index in [2.05, 4.69) is 9.97 Å². The molecular formula is C10H3F6N3. The predicted molar refractivity (Wildman–Crippen MR) is 51.5 cm³/mol. The lowest BCUT2D eigenvalue weighted by molar-refractivity contribution is 0.382. The fourth-order valence-corrected chi connectivity index (χ4v) is 1.24. The van der Waals surface area contributed by atoms with Gasteiger partial charge in [0.1, 0.15) is 17.8 Å². The molecule has 3 nitrogen and oxygen atoms in total. The van der Waals surface area contributed by atoms with Gasteiger partial charge in [-0.15, -0.1) is 0 Å². The molecule has 0 aliphatic rings. The number of hydrogen-bond acceptors (Lipinski definition) is 3. The Labute approximate surface area is 101 Å². The van der Waals surface area contributed by atoms with E-state index < -0.39 is 46.5 Å². The summed E-state index contributed by atoms with van der Waals surface area (Å²) in [5.74, 6) is -12.2. The number of benzene rings is 1. The standard InChI is InChI=1S/C10H3F6N3/c11-3-1-4(18-2-17-3)19-10-8(15)6(13)5(12)7(14)9(10)16/h1-2H,(H,17,18,19). The Balaban J connectivity index is 2.52. The summed E-state index contributed by atoms with van der Waals surface area (Å²) in [7, 11) is 0. The maximum atomic E-state index is 13.3. The highest BCUT2D eigenvalue weighted by Gasteiger charge is 2.26. The first kappa shape index (κ1) is 13.1. The Morgan fingerprint density at radius 1 is 0.737 bits per heavy atom. The Kier molecular flexibility index (Phi) is 3.28. The number of hydrogen-bond donors (Lipinski definition) is 1. The maximum absolute atomic E-state index is 13.3. The van der Waals surface area contributed by atoms with E-state index in [1.165, 1.54) is 0 Å². The zero-order valence-electron chi connectivity index (χ0n) is 8.82. The first-order valence-corrected chi connectivity index (χ1v) is 4.67. The third-order valence-electron chi connectivity index (χ3n) is 2.10. The minimum atomic E-state index is -2.28. The SMILES string of the molecule is Fc1cc(Nc2c(F)c(F)c(F)c(F)c2F)ncn1. The summed E-state index contributed by atoms with van der Waals surface area (Å²) in [5.41, 5.74) is -1.32. The van der Waals surface area contributed by atoms with Gasteiger partial charge in [0.25, 0.3) is 0 Å². The average molecular weight is 279 g/mol. The average Bonchev–Trinajstić information content (AvgIpc) is 2.39. The van der Waals surface area contributed by atoms with E-state index in [0.717, 1.165) is 0 Å². The van der Waals surface area contributed by atoms with Gasteiger partial charge in [-0.25, -0.2) is 31.9 Å². The lowest BCUT2D eigenvalue weighted by Gasteiger charge is -2.09. The molecular weight excluding hydrogens is 276 g/mol. The van der Waals surface area contributed by atoms with E-state index >= 15 is 0 Å². The highest BCUT2D eigenvalue weighted by molar-refractivity contribution is 5.57. The van der Waals surface area contributed by atoms with Gasteiger partial charge in [0, 0.05) is 6.07 Å². The largest absolute Gasteiger partial charge is 0.335 e. The number of aromatic nitrogens is 2. The van der Waals surface area contributed by atoms with Crippen molar-refractivity contribution in [3.8, 4) is 0 Å². The van der Waals surface area contributed by atoms with Crippen LogP contribution in [0.5, 0.6) is 0 Å². The maximum Gasteiger partial charge on any atom is 0.218 e. The monoisotopic (exact) mass is 279 g/mol. The van der Waals surface area contributed by atoms with Gasteiger partial charge in [-0.2, -0.15) is 4.39 Å². The Hall–Kier alpha value is -2.32. The molecule has 0 fully saturated rings. The molecule has 0 spiro atoms. The summed E-state index contributed by atoms with van der Waals surface area (Å²) in [4.78, 5) is 6.43. The summed E-state index contributed by atoms with van der Waals surface area (Å²) in [6.45, 7) is 0. The van der Waals surface area contributed by atoms with Crippen LogP contribution in [0.25, 0.3) is 0 Å². The zero-order valence-corrected chi connectivity index (χ0v) is 8.82. The molecule has 0 amide bonds. The van der Waals surface area contributed by atoms with Crippen molar-refractivity contribution in [2.75, 3.05) is 5.32 Å². The van der Waals surface area contributed by atoms with Crippen molar-refractivity contribution in [2.45, 2.75) is 0 Å². The lowest BCUT2D eigenvalue weighted by atomic mass is 10.2. The molecule has 1 aromatic heterocycles. The fourth-order valence-electron chi connectivity index (χ4n) is 1.24. The highest BCUT2D eigenvalue weighted by Crippen LogP contribution is 2.28. The number of nitrogens with zero attached hydrogens (tertiary/aromatic N) is 2. The second-order valence-corrected chi connectivity index (χ2v) is 3.30. The molecule has 0 aliphatic heterocycles. The highest BCUT2D eigenvalue weighted by atomic mass is 19.2. The molecule has 1 aromatic carbocycles. The van der Waals surface area contributed by atoms with Crippen LogP contribution in [-0.2, 0) is 0 Å². The van der Waals surface area contributed by atoms with Crippen molar-refractivity contribution in [2.24, 2.45) is 0 Å². The van der Waals surface area contributed by atoms with Gasteiger partial charge in [0.2, 0.25) is 11.8 Å². The van der Waals surface area contributed by atoms with Crippen LogP contribution >= 0.6 is 0 Å². The van der Waals surface area contributed by atoms with Crippen molar-refractivity contribution in [1.29, 1.82) is 0 Å². The van der Waals surface area contributed by atoms with Crippen molar-refractivity contribution < 1.29 is 26.3 Å². The quantitative estimate of drug-likeness (QED) is 0.397. The van der Waals surface area contributed by atoms with Crippen LogP contribution in [0.2, 0.25) is 0 Å². The van der Waals surface area contributed by atoms with Crippen LogP contribution in [0.3, 0.4) is 0 Å². The van der Waals surface area contributed by atoms with Crippen LogP contribution in [-0.4, -0.2) is 9.97 Å². The minimum Gasteiger partial charge on any atom is -0.335 e. The number of rotatable bonds is 2. The Morgan fingerprint density at radius 2 is 1.26 bits per heavy atom. The molecule has 1 heterocycles. The van der Waals surface area contributed by atoms with E-state index in [4.69, 9.17) is 0 Å². The predicted octanol–water partition coefficient (Wildman–Crippen LogP) is 3.05. The van der Waals surface area contributed by atoms with Gasteiger partial charge in [0.15, 0.2) is 23.3 Å². The molecule has 0 aliphatic carbocycles. The van der Waals surface area contributed by atoms with Crippen molar-refractivity contribution in [3.63, 3.8) is 0 Å². The molecule has 19 heavy (non-hydrogen) atoms. The van der Waals surface area contributed by atoms with E-state index in [-0.39, 0.29) is 0 Å². The molecule has 2 aromatic rings. The zero-order chi connectivity index (χ0) is 14.2. The number of halogens is 6.